The molecule has 0 spiro atoms. The fourth-order valence-corrected chi connectivity index (χ4v) is 5.75. The summed E-state index contributed by atoms with van der Waals surface area (Å²) in [6.45, 7) is 0. The summed E-state index contributed by atoms with van der Waals surface area (Å²) in [6, 6.07) is 28.9. The number of rotatable bonds is 1. The van der Waals surface area contributed by atoms with Crippen molar-refractivity contribution >= 4 is 49.8 Å². The van der Waals surface area contributed by atoms with Crippen molar-refractivity contribution in [3.8, 4) is 45.6 Å². The van der Waals surface area contributed by atoms with Crippen LogP contribution in [0.3, 0.4) is 0 Å². The van der Waals surface area contributed by atoms with Crippen LogP contribution < -0.4 is 0 Å². The van der Waals surface area contributed by atoms with Gasteiger partial charge in [-0.05, 0) is 11.2 Å². The van der Waals surface area contributed by atoms with Crippen LogP contribution in [0.15, 0.2) is 96.2 Å². The first kappa shape index (κ1) is 25.6. The average molecular weight is 632 g/mol. The van der Waals surface area contributed by atoms with E-state index in [0.29, 0.717) is 56.7 Å². The molecule has 8 bridgehead atoms. The minimum Gasteiger partial charge on any atom is -0.324 e. The molecule has 0 aliphatic carbocycles. The number of nitroso groups, excluding NO2 is 1. The Bertz CT molecular complexity index is 2460. The van der Waals surface area contributed by atoms with Gasteiger partial charge in [0.15, 0.2) is 23.3 Å². The molecule has 2 aliphatic rings. The SMILES string of the molecule is O=Nc1cccc2c3nc4nc(nc5[nH]c(nc6nc(nc([nH]3)c12)-c1ccccc1-6)c1ccccc51)-c1ccccc1-4.[Y]. The summed E-state index contributed by atoms with van der Waals surface area (Å²) in [7, 11) is 0. The molecule has 0 unspecified atom stereocenters. The van der Waals surface area contributed by atoms with Crippen molar-refractivity contribution in [2.24, 2.45) is 5.18 Å². The number of H-pyrrole nitrogens is 2. The molecule has 9 rings (SSSR count). The molecule has 0 atom stereocenters. The third-order valence-electron chi connectivity index (χ3n) is 7.66. The summed E-state index contributed by atoms with van der Waals surface area (Å²) >= 11 is 0. The van der Waals surface area contributed by atoms with Crippen LogP contribution in [0.1, 0.15) is 0 Å². The van der Waals surface area contributed by atoms with Crippen LogP contribution in [-0.4, -0.2) is 39.9 Å². The molecule has 199 valence electrons. The summed E-state index contributed by atoms with van der Waals surface area (Å²) in [5.74, 6) is 2.01. The van der Waals surface area contributed by atoms with Gasteiger partial charge in [0, 0.05) is 71.1 Å². The molecule has 2 N–H and O–H groups in total. The zero-order valence-electron chi connectivity index (χ0n) is 22.3. The van der Waals surface area contributed by atoms with Crippen molar-refractivity contribution in [3.05, 3.63) is 95.9 Å². The summed E-state index contributed by atoms with van der Waals surface area (Å²) < 4.78 is 0. The Morgan fingerprint density at radius 1 is 0.442 bits per heavy atom. The van der Waals surface area contributed by atoms with E-state index in [4.69, 9.17) is 29.9 Å². The summed E-state index contributed by atoms with van der Waals surface area (Å²) in [6.07, 6.45) is 0. The van der Waals surface area contributed by atoms with Crippen molar-refractivity contribution in [1.82, 2.24) is 39.9 Å². The van der Waals surface area contributed by atoms with Crippen LogP contribution >= 0.6 is 0 Å². The van der Waals surface area contributed by atoms with Gasteiger partial charge in [0.05, 0.1) is 5.39 Å². The Labute approximate surface area is 267 Å². The quantitative estimate of drug-likeness (QED) is 0.182. The fourth-order valence-electron chi connectivity index (χ4n) is 5.75. The smallest absolute Gasteiger partial charge is 0.164 e. The van der Waals surface area contributed by atoms with Gasteiger partial charge in [-0.25, -0.2) is 29.9 Å². The first-order chi connectivity index (χ1) is 20.7. The molecule has 0 amide bonds. The van der Waals surface area contributed by atoms with E-state index in [9.17, 15) is 4.91 Å². The molecule has 5 heterocycles. The van der Waals surface area contributed by atoms with Gasteiger partial charge >= 0.3 is 0 Å². The maximum atomic E-state index is 11.9. The molecule has 3 aromatic heterocycles. The minimum atomic E-state index is 0. The second-order valence-electron chi connectivity index (χ2n) is 10.0. The summed E-state index contributed by atoms with van der Waals surface area (Å²) in [4.78, 5) is 48.2. The number of fused-ring (bicyclic) bond motifs is 20. The molecule has 7 aromatic rings. The van der Waals surface area contributed by atoms with Crippen LogP contribution in [0, 0.1) is 4.91 Å². The Hall–Kier alpha value is -5.06. The molecule has 0 saturated heterocycles. The second-order valence-corrected chi connectivity index (χ2v) is 10.0. The van der Waals surface area contributed by atoms with E-state index in [0.717, 1.165) is 33.0 Å². The Morgan fingerprint density at radius 2 is 0.837 bits per heavy atom. The summed E-state index contributed by atoms with van der Waals surface area (Å²) in [5.41, 5.74) is 5.84. The number of nitrogens with one attached hydrogen (secondary N) is 2. The molecule has 11 heteroatoms. The van der Waals surface area contributed by atoms with Crippen LogP contribution in [0.4, 0.5) is 5.69 Å². The maximum absolute atomic E-state index is 11.9. The number of nitrogens with zero attached hydrogens (tertiary/aromatic N) is 7. The molecule has 1 radical (unpaired) electrons. The zero-order chi connectivity index (χ0) is 27.8. The van der Waals surface area contributed by atoms with Gasteiger partial charge in [0.1, 0.15) is 28.3 Å². The van der Waals surface area contributed by atoms with Crippen LogP contribution in [0.25, 0.3) is 89.7 Å². The molecule has 2 aliphatic heterocycles. The van der Waals surface area contributed by atoms with Gasteiger partial charge in [-0.15, -0.1) is 4.91 Å². The zero-order valence-corrected chi connectivity index (χ0v) is 25.1. The van der Waals surface area contributed by atoms with E-state index in [1.165, 1.54) is 0 Å². The minimum absolute atomic E-state index is 0. The number of benzene rings is 4. The van der Waals surface area contributed by atoms with Gasteiger partial charge in [0.25, 0.3) is 0 Å². The Balaban J connectivity index is 0.00000278. The predicted molar refractivity (Wildman–Crippen MR) is 162 cm³/mol. The van der Waals surface area contributed by atoms with Crippen molar-refractivity contribution in [1.29, 1.82) is 0 Å². The van der Waals surface area contributed by atoms with Gasteiger partial charge in [-0.3, -0.25) is 0 Å². The maximum Gasteiger partial charge on any atom is 0.164 e. The van der Waals surface area contributed by atoms with Crippen LogP contribution in [0.5, 0.6) is 0 Å². The third-order valence-corrected chi connectivity index (χ3v) is 7.66. The van der Waals surface area contributed by atoms with Gasteiger partial charge in [-0.1, -0.05) is 84.9 Å². The van der Waals surface area contributed by atoms with E-state index in [2.05, 4.69) is 15.1 Å². The van der Waals surface area contributed by atoms with Crippen molar-refractivity contribution in [2.45, 2.75) is 0 Å². The van der Waals surface area contributed by atoms with E-state index >= 15 is 0 Å². The molecule has 43 heavy (non-hydrogen) atoms. The normalized spacial score (nSPS) is 11.6. The van der Waals surface area contributed by atoms with Crippen molar-refractivity contribution < 1.29 is 32.7 Å². The molecule has 10 nitrogen and oxygen atoms in total. The molecular weight excluding hydrogens is 615 g/mol. The fraction of sp³-hybridized carbons (Fsp3) is 0. The number of hydrogen-bond donors (Lipinski definition) is 2. The first-order valence-electron chi connectivity index (χ1n) is 13.3. The van der Waals surface area contributed by atoms with E-state index in [1.807, 2.05) is 78.9 Å². The van der Waals surface area contributed by atoms with Gasteiger partial charge in [0.2, 0.25) is 0 Å². The van der Waals surface area contributed by atoms with Crippen LogP contribution in [0.2, 0.25) is 0 Å². The number of hydrogen-bond acceptors (Lipinski definition) is 8. The van der Waals surface area contributed by atoms with E-state index < -0.39 is 0 Å². The summed E-state index contributed by atoms with van der Waals surface area (Å²) in [5, 5.41) is 6.37. The number of aromatic amines is 2. The molecular formula is C32H17N9OY. The first-order valence-corrected chi connectivity index (χ1v) is 13.3. The average Bonchev–Trinajstić information content (AvgIpc) is 3.76. The molecule has 4 aromatic carbocycles. The van der Waals surface area contributed by atoms with E-state index in [1.54, 1.807) is 12.1 Å². The van der Waals surface area contributed by atoms with Crippen LogP contribution in [-0.2, 0) is 32.7 Å². The van der Waals surface area contributed by atoms with Crippen molar-refractivity contribution in [2.75, 3.05) is 0 Å². The topological polar surface area (TPSA) is 138 Å². The largest absolute Gasteiger partial charge is 0.324 e. The van der Waals surface area contributed by atoms with Gasteiger partial charge in [-0.2, -0.15) is 0 Å². The number of aromatic nitrogens is 8. The van der Waals surface area contributed by atoms with Gasteiger partial charge < -0.3 is 9.97 Å². The Kier molecular flexibility index (Phi) is 5.82. The second kappa shape index (κ2) is 9.76. The third kappa shape index (κ3) is 3.87. The monoisotopic (exact) mass is 632 g/mol. The Morgan fingerprint density at radius 3 is 1.33 bits per heavy atom. The van der Waals surface area contributed by atoms with Crippen molar-refractivity contribution in [3.63, 3.8) is 0 Å². The standard InChI is InChI=1S/C32H17N9O.Y/c42-41-23-15-7-14-22-24(23)32-39-30-21-13-6-5-12-20(21)28(37-30)35-26-17-9-2-1-8-16(17)25(33-26)34-27-18-10-3-4-11-19(18)29(36-27)38-31(22)40-32;/h1-15H,(H2,33,34,35,36,37,38,39,40);. The predicted octanol–water partition coefficient (Wildman–Crippen LogP) is 7.26. The molecule has 0 fully saturated rings. The molecule has 0 saturated carbocycles. The van der Waals surface area contributed by atoms with E-state index in [-0.39, 0.29) is 38.4 Å².